The van der Waals surface area contributed by atoms with E-state index >= 15 is 0 Å². The molecule has 98 valence electrons. The van der Waals surface area contributed by atoms with Crippen molar-refractivity contribution in [1.82, 2.24) is 9.88 Å². The van der Waals surface area contributed by atoms with E-state index in [1.54, 1.807) is 6.20 Å². The number of anilines is 2. The van der Waals surface area contributed by atoms with Crippen LogP contribution in [0.15, 0.2) is 18.3 Å². The van der Waals surface area contributed by atoms with Gasteiger partial charge in [-0.2, -0.15) is 0 Å². The minimum absolute atomic E-state index is 0.551. The molecule has 0 unspecified atom stereocenters. The predicted molar refractivity (Wildman–Crippen MR) is 70.4 cm³/mol. The summed E-state index contributed by atoms with van der Waals surface area (Å²) < 4.78 is 0. The Morgan fingerprint density at radius 1 is 1.33 bits per heavy atom. The summed E-state index contributed by atoms with van der Waals surface area (Å²) in [7, 11) is 3.91. The number of carbonyl (C=O) groups is 1. The van der Waals surface area contributed by atoms with Gasteiger partial charge >= 0.3 is 6.09 Å². The van der Waals surface area contributed by atoms with Gasteiger partial charge in [-0.25, -0.2) is 9.78 Å². The quantitative estimate of drug-likeness (QED) is 0.846. The lowest BCUT2D eigenvalue weighted by Gasteiger charge is -2.34. The van der Waals surface area contributed by atoms with Crippen molar-refractivity contribution in [2.24, 2.45) is 0 Å². The highest BCUT2D eigenvalue weighted by molar-refractivity contribution is 5.65. The Bertz CT molecular complexity index is 428. The number of hydrogen-bond donors (Lipinski definition) is 1. The molecule has 0 radical (unpaired) electrons. The molecule has 1 N–H and O–H groups in total. The van der Waals surface area contributed by atoms with E-state index in [1.807, 2.05) is 31.1 Å². The zero-order chi connectivity index (χ0) is 13.1. The molecule has 6 nitrogen and oxygen atoms in total. The van der Waals surface area contributed by atoms with Crippen molar-refractivity contribution in [1.29, 1.82) is 0 Å². The zero-order valence-electron chi connectivity index (χ0n) is 10.7. The molecule has 0 aromatic carbocycles. The standard InChI is InChI=1S/C12H18N4O2/c1-14(2)11-9-10(3-4-13-11)15-5-7-16(8-6-15)12(17)18/h3-4,9H,5-8H2,1-2H3,(H,17,18). The summed E-state index contributed by atoms with van der Waals surface area (Å²) >= 11 is 0. The summed E-state index contributed by atoms with van der Waals surface area (Å²) in [5.74, 6) is 0.910. The Balaban J connectivity index is 2.05. The summed E-state index contributed by atoms with van der Waals surface area (Å²) in [5.41, 5.74) is 1.10. The van der Waals surface area contributed by atoms with Gasteiger partial charge in [0.1, 0.15) is 5.82 Å². The van der Waals surface area contributed by atoms with Gasteiger partial charge < -0.3 is 19.8 Å². The van der Waals surface area contributed by atoms with Crippen molar-refractivity contribution in [3.8, 4) is 0 Å². The molecular weight excluding hydrogens is 232 g/mol. The number of nitrogens with zero attached hydrogens (tertiary/aromatic N) is 4. The molecule has 0 aliphatic carbocycles. The second-order valence-electron chi connectivity index (χ2n) is 4.52. The molecule has 2 heterocycles. The van der Waals surface area contributed by atoms with E-state index in [-0.39, 0.29) is 0 Å². The maximum atomic E-state index is 10.8. The van der Waals surface area contributed by atoms with E-state index in [9.17, 15) is 4.79 Å². The molecule has 1 aromatic rings. The minimum atomic E-state index is -0.835. The van der Waals surface area contributed by atoms with Gasteiger partial charge in [0, 0.05) is 58.2 Å². The maximum absolute atomic E-state index is 10.8. The van der Waals surface area contributed by atoms with Gasteiger partial charge in [0.2, 0.25) is 0 Å². The predicted octanol–water partition coefficient (Wildman–Crippen LogP) is 0.948. The van der Waals surface area contributed by atoms with Crippen molar-refractivity contribution >= 4 is 17.6 Å². The molecule has 18 heavy (non-hydrogen) atoms. The van der Waals surface area contributed by atoms with Crippen LogP contribution in [-0.4, -0.2) is 61.4 Å². The number of pyridine rings is 1. The molecule has 6 heteroatoms. The maximum Gasteiger partial charge on any atom is 0.407 e. The minimum Gasteiger partial charge on any atom is -0.465 e. The van der Waals surface area contributed by atoms with Gasteiger partial charge in [0.15, 0.2) is 0 Å². The fraction of sp³-hybridized carbons (Fsp3) is 0.500. The first-order chi connectivity index (χ1) is 8.58. The van der Waals surface area contributed by atoms with Crippen LogP contribution in [-0.2, 0) is 0 Å². The molecule has 1 saturated heterocycles. The number of amides is 1. The Morgan fingerprint density at radius 3 is 2.56 bits per heavy atom. The highest BCUT2D eigenvalue weighted by Gasteiger charge is 2.20. The first-order valence-corrected chi connectivity index (χ1v) is 5.94. The van der Waals surface area contributed by atoms with E-state index in [0.717, 1.165) is 24.6 Å². The molecule has 2 rings (SSSR count). The van der Waals surface area contributed by atoms with Crippen LogP contribution in [0.3, 0.4) is 0 Å². The average molecular weight is 250 g/mol. The molecule has 1 aromatic heterocycles. The van der Waals surface area contributed by atoms with E-state index < -0.39 is 6.09 Å². The fourth-order valence-electron chi connectivity index (χ4n) is 2.00. The second-order valence-corrected chi connectivity index (χ2v) is 4.52. The van der Waals surface area contributed by atoms with Crippen molar-refractivity contribution in [2.45, 2.75) is 0 Å². The average Bonchev–Trinajstić information content (AvgIpc) is 2.39. The van der Waals surface area contributed by atoms with E-state index in [4.69, 9.17) is 5.11 Å². The summed E-state index contributed by atoms with van der Waals surface area (Å²) in [6.07, 6.45) is 0.951. The lowest BCUT2D eigenvalue weighted by Crippen LogP contribution is -2.48. The third-order valence-electron chi connectivity index (χ3n) is 3.10. The number of carboxylic acid groups (broad SMARTS) is 1. The third-order valence-corrected chi connectivity index (χ3v) is 3.10. The van der Waals surface area contributed by atoms with Crippen LogP contribution in [0.25, 0.3) is 0 Å². The Kier molecular flexibility index (Phi) is 3.55. The van der Waals surface area contributed by atoms with Crippen LogP contribution < -0.4 is 9.80 Å². The SMILES string of the molecule is CN(C)c1cc(N2CCN(C(=O)O)CC2)ccn1. The van der Waals surface area contributed by atoms with Crippen LogP contribution in [0.1, 0.15) is 0 Å². The fourth-order valence-corrected chi connectivity index (χ4v) is 2.00. The van der Waals surface area contributed by atoms with E-state index in [2.05, 4.69) is 9.88 Å². The van der Waals surface area contributed by atoms with Crippen molar-refractivity contribution in [3.05, 3.63) is 18.3 Å². The van der Waals surface area contributed by atoms with Gasteiger partial charge in [-0.3, -0.25) is 0 Å². The Morgan fingerprint density at radius 2 is 2.00 bits per heavy atom. The topological polar surface area (TPSA) is 59.9 Å². The van der Waals surface area contributed by atoms with Gasteiger partial charge in [-0.1, -0.05) is 0 Å². The largest absolute Gasteiger partial charge is 0.465 e. The van der Waals surface area contributed by atoms with Crippen LogP contribution in [0.5, 0.6) is 0 Å². The molecule has 0 spiro atoms. The van der Waals surface area contributed by atoms with Crippen LogP contribution in [0.2, 0.25) is 0 Å². The van der Waals surface area contributed by atoms with Gasteiger partial charge in [0.05, 0.1) is 0 Å². The zero-order valence-corrected chi connectivity index (χ0v) is 10.7. The molecule has 1 amide bonds. The number of piperazine rings is 1. The van der Waals surface area contributed by atoms with Crippen molar-refractivity contribution in [3.63, 3.8) is 0 Å². The Labute approximate surface area is 106 Å². The molecule has 1 aliphatic heterocycles. The molecular formula is C12H18N4O2. The van der Waals surface area contributed by atoms with Crippen LogP contribution >= 0.6 is 0 Å². The van der Waals surface area contributed by atoms with Crippen LogP contribution in [0, 0.1) is 0 Å². The van der Waals surface area contributed by atoms with E-state index in [1.165, 1.54) is 4.90 Å². The monoisotopic (exact) mass is 250 g/mol. The molecule has 1 fully saturated rings. The summed E-state index contributed by atoms with van der Waals surface area (Å²) in [5, 5.41) is 8.90. The number of rotatable bonds is 2. The summed E-state index contributed by atoms with van der Waals surface area (Å²) in [6.45, 7) is 2.55. The summed E-state index contributed by atoms with van der Waals surface area (Å²) in [4.78, 5) is 20.7. The molecule has 0 saturated carbocycles. The van der Waals surface area contributed by atoms with Crippen molar-refractivity contribution in [2.75, 3.05) is 50.1 Å². The first kappa shape index (κ1) is 12.5. The first-order valence-electron chi connectivity index (χ1n) is 5.94. The van der Waals surface area contributed by atoms with E-state index in [0.29, 0.717) is 13.1 Å². The van der Waals surface area contributed by atoms with Gasteiger partial charge in [-0.15, -0.1) is 0 Å². The van der Waals surface area contributed by atoms with Gasteiger partial charge in [0.25, 0.3) is 0 Å². The van der Waals surface area contributed by atoms with Crippen LogP contribution in [0.4, 0.5) is 16.3 Å². The normalized spacial score (nSPS) is 15.7. The lowest BCUT2D eigenvalue weighted by atomic mass is 10.2. The van der Waals surface area contributed by atoms with Crippen molar-refractivity contribution < 1.29 is 9.90 Å². The molecule has 0 atom stereocenters. The highest BCUT2D eigenvalue weighted by Crippen LogP contribution is 2.20. The highest BCUT2D eigenvalue weighted by atomic mass is 16.4. The number of hydrogen-bond acceptors (Lipinski definition) is 4. The number of aromatic nitrogens is 1. The second kappa shape index (κ2) is 5.12. The Hall–Kier alpha value is -1.98. The summed E-state index contributed by atoms with van der Waals surface area (Å²) in [6, 6.07) is 3.99. The lowest BCUT2D eigenvalue weighted by molar-refractivity contribution is 0.142. The smallest absolute Gasteiger partial charge is 0.407 e. The van der Waals surface area contributed by atoms with Gasteiger partial charge in [-0.05, 0) is 6.07 Å². The third kappa shape index (κ3) is 2.64. The molecule has 0 bridgehead atoms. The molecule has 1 aliphatic rings.